The van der Waals surface area contributed by atoms with Crippen LogP contribution in [-0.2, 0) is 4.79 Å². The third kappa shape index (κ3) is 4.05. The number of hydrogen-bond donors (Lipinski definition) is 0. The lowest BCUT2D eigenvalue weighted by atomic mass is 10.3. The van der Waals surface area contributed by atoms with E-state index in [0.717, 1.165) is 0 Å². The highest BCUT2D eigenvalue weighted by Crippen LogP contribution is 2.24. The molecule has 0 spiro atoms. The van der Waals surface area contributed by atoms with Gasteiger partial charge in [0.15, 0.2) is 0 Å². The highest BCUT2D eigenvalue weighted by Gasteiger charge is 2.05. The quantitative estimate of drug-likeness (QED) is 0.421. The first-order valence-corrected chi connectivity index (χ1v) is 6.51. The van der Waals surface area contributed by atoms with E-state index in [0.29, 0.717) is 11.9 Å². The van der Waals surface area contributed by atoms with Gasteiger partial charge in [0.2, 0.25) is 0 Å². The molecule has 0 saturated heterocycles. The minimum absolute atomic E-state index is 0.137. The monoisotopic (exact) mass is 196 g/mol. The highest BCUT2D eigenvalue weighted by molar-refractivity contribution is 7.56. The third-order valence-electron chi connectivity index (χ3n) is 1.42. The van der Waals surface area contributed by atoms with Crippen LogP contribution < -0.4 is 4.74 Å². The number of carbonyl (C=O) groups is 1. The van der Waals surface area contributed by atoms with Gasteiger partial charge in [-0.3, -0.25) is 4.79 Å². The van der Waals surface area contributed by atoms with Gasteiger partial charge in [0.05, 0.1) is 6.16 Å². The summed E-state index contributed by atoms with van der Waals surface area (Å²) in [6.07, 6.45) is 0.532. The summed E-state index contributed by atoms with van der Waals surface area (Å²) in [6.45, 7) is 4.11. The molecule has 0 atom stereocenters. The summed E-state index contributed by atoms with van der Waals surface area (Å²) in [6, 6.07) is 9.16. The summed E-state index contributed by atoms with van der Waals surface area (Å²) in [7, 11) is -0.211. The second kappa shape index (κ2) is 4.98. The zero-order chi connectivity index (χ0) is 9.68. The molecule has 0 saturated carbocycles. The van der Waals surface area contributed by atoms with Gasteiger partial charge >= 0.3 is 5.97 Å². The summed E-state index contributed by atoms with van der Waals surface area (Å²) >= 11 is 0. The second-order valence-electron chi connectivity index (χ2n) is 3.02. The summed E-state index contributed by atoms with van der Waals surface area (Å²) in [5, 5.41) is 0. The Bertz CT molecular complexity index is 270. The zero-order valence-electron chi connectivity index (χ0n) is 7.86. The van der Waals surface area contributed by atoms with E-state index in [1.54, 1.807) is 12.1 Å². The predicted octanol–water partition coefficient (Wildman–Crippen LogP) is 2.33. The van der Waals surface area contributed by atoms with E-state index >= 15 is 0 Å². The summed E-state index contributed by atoms with van der Waals surface area (Å²) < 4.78 is 5.10. The molecule has 0 aromatic heterocycles. The normalized spacial score (nSPS) is 10.1. The molecule has 0 amide bonds. The Kier molecular flexibility index (Phi) is 3.91. The Labute approximate surface area is 79.7 Å². The predicted molar refractivity (Wildman–Crippen MR) is 55.7 cm³/mol. The van der Waals surface area contributed by atoms with E-state index < -0.39 is 0 Å². The highest BCUT2D eigenvalue weighted by atomic mass is 31.1. The minimum Gasteiger partial charge on any atom is -0.426 e. The summed E-state index contributed by atoms with van der Waals surface area (Å²) in [4.78, 5) is 11.2. The van der Waals surface area contributed by atoms with Gasteiger partial charge < -0.3 is 4.74 Å². The molecule has 70 valence electrons. The first kappa shape index (κ1) is 10.2. The average Bonchev–Trinajstić information content (AvgIpc) is 2.04. The molecular weight excluding hydrogens is 183 g/mol. The number of rotatable bonds is 3. The number of carbonyl (C=O) groups excluding carboxylic acids is 1. The Balaban J connectivity index is 2.46. The van der Waals surface area contributed by atoms with Crippen LogP contribution >= 0.6 is 7.92 Å². The molecule has 0 fully saturated rings. The third-order valence-corrected chi connectivity index (χ3v) is 2.31. The van der Waals surface area contributed by atoms with E-state index in [9.17, 15) is 4.79 Å². The molecule has 0 aliphatic carbocycles. The van der Waals surface area contributed by atoms with Gasteiger partial charge in [0.25, 0.3) is 0 Å². The van der Waals surface area contributed by atoms with E-state index in [1.807, 2.05) is 18.2 Å². The van der Waals surface area contributed by atoms with Gasteiger partial charge in [-0.15, -0.1) is 7.92 Å². The van der Waals surface area contributed by atoms with Crippen molar-refractivity contribution in [2.24, 2.45) is 0 Å². The van der Waals surface area contributed by atoms with Crippen LogP contribution in [0.2, 0.25) is 0 Å². The van der Waals surface area contributed by atoms with E-state index in [4.69, 9.17) is 4.74 Å². The van der Waals surface area contributed by atoms with Crippen molar-refractivity contribution < 1.29 is 9.53 Å². The molecule has 0 radical (unpaired) electrons. The van der Waals surface area contributed by atoms with Crippen LogP contribution in [0.25, 0.3) is 0 Å². The largest absolute Gasteiger partial charge is 0.426 e. The fourth-order valence-electron chi connectivity index (χ4n) is 0.910. The molecule has 0 bridgehead atoms. The van der Waals surface area contributed by atoms with Gasteiger partial charge in [0.1, 0.15) is 5.75 Å². The van der Waals surface area contributed by atoms with Crippen molar-refractivity contribution in [3.05, 3.63) is 30.3 Å². The van der Waals surface area contributed by atoms with Crippen LogP contribution in [0.1, 0.15) is 0 Å². The number of ether oxygens (including phenoxy) is 1. The van der Waals surface area contributed by atoms with E-state index in [-0.39, 0.29) is 13.9 Å². The summed E-state index contributed by atoms with van der Waals surface area (Å²) in [5.41, 5.74) is 0. The van der Waals surface area contributed by atoms with E-state index in [1.165, 1.54) is 0 Å². The molecule has 0 unspecified atom stereocenters. The Hall–Kier alpha value is -0.880. The number of esters is 1. The Morgan fingerprint density at radius 3 is 2.46 bits per heavy atom. The maximum Gasteiger partial charge on any atom is 0.315 e. The van der Waals surface area contributed by atoms with Crippen molar-refractivity contribution in [1.82, 2.24) is 0 Å². The van der Waals surface area contributed by atoms with Crippen molar-refractivity contribution in [2.45, 2.75) is 0 Å². The molecule has 0 aliphatic rings. The van der Waals surface area contributed by atoms with Gasteiger partial charge in [0, 0.05) is 0 Å². The molecule has 1 aromatic rings. The SMILES string of the molecule is CP(C)CC(=O)Oc1ccccc1. The molecule has 1 aromatic carbocycles. The average molecular weight is 196 g/mol. The molecular formula is C10H13O2P. The zero-order valence-corrected chi connectivity index (χ0v) is 8.75. The van der Waals surface area contributed by atoms with Crippen LogP contribution in [0.15, 0.2) is 30.3 Å². The van der Waals surface area contributed by atoms with Gasteiger partial charge in [-0.2, -0.15) is 0 Å². The number of hydrogen-bond acceptors (Lipinski definition) is 2. The van der Waals surface area contributed by atoms with Gasteiger partial charge in [-0.25, -0.2) is 0 Å². The minimum atomic E-state index is -0.211. The van der Waals surface area contributed by atoms with Crippen LogP contribution in [0.5, 0.6) is 5.75 Å². The second-order valence-corrected chi connectivity index (χ2v) is 5.50. The molecule has 2 nitrogen and oxygen atoms in total. The smallest absolute Gasteiger partial charge is 0.315 e. The number of para-hydroxylation sites is 1. The molecule has 0 N–H and O–H groups in total. The van der Waals surface area contributed by atoms with Crippen LogP contribution in [0.3, 0.4) is 0 Å². The van der Waals surface area contributed by atoms with Crippen molar-refractivity contribution in [3.8, 4) is 5.75 Å². The fraction of sp³-hybridized carbons (Fsp3) is 0.300. The summed E-state index contributed by atoms with van der Waals surface area (Å²) in [5.74, 6) is 0.492. The van der Waals surface area contributed by atoms with Crippen molar-refractivity contribution in [1.29, 1.82) is 0 Å². The molecule has 1 rings (SSSR count). The maximum atomic E-state index is 11.2. The van der Waals surface area contributed by atoms with Crippen LogP contribution in [0, 0.1) is 0 Å². The van der Waals surface area contributed by atoms with Crippen molar-refractivity contribution in [2.75, 3.05) is 19.5 Å². The fourth-order valence-corrected chi connectivity index (χ4v) is 1.49. The van der Waals surface area contributed by atoms with Crippen molar-refractivity contribution in [3.63, 3.8) is 0 Å². The van der Waals surface area contributed by atoms with Crippen LogP contribution in [0.4, 0.5) is 0 Å². The molecule has 0 aliphatic heterocycles. The van der Waals surface area contributed by atoms with Crippen molar-refractivity contribution >= 4 is 13.9 Å². The van der Waals surface area contributed by atoms with Gasteiger partial charge in [-0.1, -0.05) is 18.2 Å². The number of benzene rings is 1. The molecule has 13 heavy (non-hydrogen) atoms. The Morgan fingerprint density at radius 1 is 1.31 bits per heavy atom. The van der Waals surface area contributed by atoms with Gasteiger partial charge in [-0.05, 0) is 25.5 Å². The Morgan fingerprint density at radius 2 is 1.92 bits per heavy atom. The lowest BCUT2D eigenvalue weighted by Crippen LogP contribution is -2.11. The molecule has 0 heterocycles. The topological polar surface area (TPSA) is 26.3 Å². The van der Waals surface area contributed by atoms with Crippen LogP contribution in [-0.4, -0.2) is 25.5 Å². The first-order valence-electron chi connectivity index (χ1n) is 4.09. The maximum absolute atomic E-state index is 11.2. The lowest BCUT2D eigenvalue weighted by Gasteiger charge is -2.05. The van der Waals surface area contributed by atoms with E-state index in [2.05, 4.69) is 13.3 Å². The first-order chi connectivity index (χ1) is 6.18. The molecule has 3 heteroatoms. The lowest BCUT2D eigenvalue weighted by molar-refractivity contribution is -0.131. The standard InChI is InChI=1S/C10H13O2P/c1-13(2)8-10(11)12-9-6-4-3-5-7-9/h3-7H,8H2,1-2H3.